The number of nitrogens with zero attached hydrogens (tertiary/aromatic N) is 1. The Labute approximate surface area is 191 Å². The quantitative estimate of drug-likeness (QED) is 0.253. The third kappa shape index (κ3) is 9.83. The molecule has 0 bridgehead atoms. The van der Waals surface area contributed by atoms with Gasteiger partial charge in [-0.2, -0.15) is 0 Å². The van der Waals surface area contributed by atoms with Crippen LogP contribution in [-0.2, 0) is 22.5 Å². The lowest BCUT2D eigenvalue weighted by Crippen LogP contribution is -2.43. The van der Waals surface area contributed by atoms with Gasteiger partial charge in [-0.15, -0.1) is 0 Å². The van der Waals surface area contributed by atoms with Crippen molar-refractivity contribution in [2.75, 3.05) is 39.5 Å². The van der Waals surface area contributed by atoms with E-state index in [0.717, 1.165) is 23.3 Å². The molecule has 7 nitrogen and oxygen atoms in total. The summed E-state index contributed by atoms with van der Waals surface area (Å²) in [6, 6.07) is 16.2. The minimum atomic E-state index is -0.0678. The second-order valence-electron chi connectivity index (χ2n) is 7.29. The highest BCUT2D eigenvalue weighted by molar-refractivity contribution is 5.86. The Kier molecular flexibility index (Phi) is 11.7. The predicted molar refractivity (Wildman–Crippen MR) is 129 cm³/mol. The lowest BCUT2D eigenvalue weighted by molar-refractivity contribution is -0.119. The number of hydrogen-bond acceptors (Lipinski definition) is 4. The summed E-state index contributed by atoms with van der Waals surface area (Å²) in [6.45, 7) is 9.61. The van der Waals surface area contributed by atoms with E-state index in [1.807, 2.05) is 57.2 Å². The Bertz CT molecular complexity index is 840. The highest BCUT2D eigenvalue weighted by Crippen LogP contribution is 2.21. The first kappa shape index (κ1) is 25.2. The number of carbonyl (C=O) groups excluding carboxylic acids is 1. The molecule has 2 rings (SSSR count). The van der Waals surface area contributed by atoms with Gasteiger partial charge in [-0.3, -0.25) is 4.79 Å². The van der Waals surface area contributed by atoms with Crippen molar-refractivity contribution in [1.29, 1.82) is 0 Å². The first-order valence-corrected chi connectivity index (χ1v) is 11.2. The lowest BCUT2D eigenvalue weighted by atomic mass is 10.1. The van der Waals surface area contributed by atoms with Crippen LogP contribution in [0.25, 0.3) is 0 Å². The maximum atomic E-state index is 12.2. The Hall–Kier alpha value is -3.06. The monoisotopic (exact) mass is 440 g/mol. The van der Waals surface area contributed by atoms with Crippen LogP contribution in [0.3, 0.4) is 0 Å². The summed E-state index contributed by atoms with van der Waals surface area (Å²) < 4.78 is 11.2. The van der Waals surface area contributed by atoms with E-state index in [4.69, 9.17) is 9.47 Å². The fourth-order valence-electron chi connectivity index (χ4n) is 3.01. The Morgan fingerprint density at radius 1 is 1.00 bits per heavy atom. The average Bonchev–Trinajstić information content (AvgIpc) is 2.80. The standard InChI is InChI=1S/C25H36N4O3/c1-4-26-25(29-19-24(30)27-14-13-21-9-7-6-8-10-21)28-18-22-12-11-20(3)17-23(22)32-16-15-31-5-2/h6-12,17H,4-5,13-16,18-19H2,1-3H3,(H,27,30)(H2,26,28,29). The molecule has 0 radical (unpaired) electrons. The maximum Gasteiger partial charge on any atom is 0.239 e. The second-order valence-corrected chi connectivity index (χ2v) is 7.29. The summed E-state index contributed by atoms with van der Waals surface area (Å²) in [6.07, 6.45) is 0.806. The van der Waals surface area contributed by atoms with Crippen molar-refractivity contribution in [3.05, 3.63) is 65.2 Å². The zero-order valence-corrected chi connectivity index (χ0v) is 19.4. The van der Waals surface area contributed by atoms with Crippen LogP contribution in [0.15, 0.2) is 53.5 Å². The summed E-state index contributed by atoms with van der Waals surface area (Å²) in [5.41, 5.74) is 3.31. The number of nitrogens with one attached hydrogen (secondary N) is 3. The average molecular weight is 441 g/mol. The van der Waals surface area contributed by atoms with Gasteiger partial charge < -0.3 is 25.4 Å². The second kappa shape index (κ2) is 14.9. The normalized spacial score (nSPS) is 11.2. The van der Waals surface area contributed by atoms with E-state index in [-0.39, 0.29) is 12.5 Å². The van der Waals surface area contributed by atoms with Gasteiger partial charge in [0.1, 0.15) is 12.4 Å². The molecule has 32 heavy (non-hydrogen) atoms. The first-order valence-electron chi connectivity index (χ1n) is 11.2. The third-order valence-corrected chi connectivity index (χ3v) is 4.66. The van der Waals surface area contributed by atoms with Gasteiger partial charge in [0.05, 0.1) is 19.7 Å². The summed E-state index contributed by atoms with van der Waals surface area (Å²) in [4.78, 5) is 16.8. The molecule has 0 saturated heterocycles. The number of amides is 1. The molecule has 0 saturated carbocycles. The van der Waals surface area contributed by atoms with Crippen molar-refractivity contribution in [3.8, 4) is 5.75 Å². The molecular weight excluding hydrogens is 404 g/mol. The van der Waals surface area contributed by atoms with E-state index in [9.17, 15) is 4.79 Å². The molecule has 0 aliphatic heterocycles. The molecule has 2 aromatic carbocycles. The van der Waals surface area contributed by atoms with Crippen LogP contribution in [0.5, 0.6) is 5.75 Å². The summed E-state index contributed by atoms with van der Waals surface area (Å²) in [7, 11) is 0. The van der Waals surface area contributed by atoms with Crippen LogP contribution in [0.2, 0.25) is 0 Å². The van der Waals surface area contributed by atoms with Crippen LogP contribution >= 0.6 is 0 Å². The molecule has 0 aliphatic rings. The first-order chi connectivity index (χ1) is 15.6. The van der Waals surface area contributed by atoms with Gasteiger partial charge in [0.2, 0.25) is 5.91 Å². The number of benzene rings is 2. The Morgan fingerprint density at radius 3 is 2.56 bits per heavy atom. The fourth-order valence-corrected chi connectivity index (χ4v) is 3.01. The van der Waals surface area contributed by atoms with E-state index >= 15 is 0 Å². The summed E-state index contributed by atoms with van der Waals surface area (Å²) >= 11 is 0. The SMILES string of the molecule is CCNC(=NCc1ccc(C)cc1OCCOCC)NCC(=O)NCCc1ccccc1. The lowest BCUT2D eigenvalue weighted by Gasteiger charge is -2.14. The third-order valence-electron chi connectivity index (χ3n) is 4.66. The van der Waals surface area contributed by atoms with E-state index < -0.39 is 0 Å². The van der Waals surface area contributed by atoms with Gasteiger partial charge in [-0.25, -0.2) is 4.99 Å². The smallest absolute Gasteiger partial charge is 0.239 e. The number of aryl methyl sites for hydroxylation is 1. The summed E-state index contributed by atoms with van der Waals surface area (Å²) in [5, 5.41) is 9.21. The number of guanidine groups is 1. The van der Waals surface area contributed by atoms with Crippen molar-refractivity contribution in [2.24, 2.45) is 4.99 Å². The summed E-state index contributed by atoms with van der Waals surface area (Å²) in [5.74, 6) is 1.33. The minimum Gasteiger partial charge on any atom is -0.491 e. The molecule has 3 N–H and O–H groups in total. The van der Waals surface area contributed by atoms with Crippen molar-refractivity contribution < 1.29 is 14.3 Å². The van der Waals surface area contributed by atoms with Crippen LogP contribution in [0.4, 0.5) is 0 Å². The molecular formula is C25H36N4O3. The van der Waals surface area contributed by atoms with Crippen LogP contribution < -0.4 is 20.7 Å². The molecule has 0 unspecified atom stereocenters. The van der Waals surface area contributed by atoms with Crippen LogP contribution in [0, 0.1) is 6.92 Å². The highest BCUT2D eigenvalue weighted by Gasteiger charge is 2.07. The van der Waals surface area contributed by atoms with E-state index in [1.54, 1.807) is 0 Å². The molecule has 0 aliphatic carbocycles. The van der Waals surface area contributed by atoms with E-state index in [1.165, 1.54) is 5.56 Å². The molecule has 1 amide bonds. The Balaban J connectivity index is 1.85. The van der Waals surface area contributed by atoms with Gasteiger partial charge >= 0.3 is 0 Å². The van der Waals surface area contributed by atoms with Crippen LogP contribution in [0.1, 0.15) is 30.5 Å². The number of ether oxygens (including phenoxy) is 2. The van der Waals surface area contributed by atoms with Gasteiger partial charge in [0.15, 0.2) is 5.96 Å². The van der Waals surface area contributed by atoms with Gasteiger partial charge in [-0.05, 0) is 44.4 Å². The molecule has 174 valence electrons. The zero-order chi connectivity index (χ0) is 23.0. The molecule has 0 fully saturated rings. The predicted octanol–water partition coefficient (Wildman–Crippen LogP) is 2.82. The van der Waals surface area contributed by atoms with E-state index in [2.05, 4.69) is 33.1 Å². The molecule has 0 atom stereocenters. The molecule has 7 heteroatoms. The van der Waals surface area contributed by atoms with Crippen molar-refractivity contribution in [1.82, 2.24) is 16.0 Å². The Morgan fingerprint density at radius 2 is 1.81 bits per heavy atom. The van der Waals surface area contributed by atoms with Crippen molar-refractivity contribution in [2.45, 2.75) is 33.7 Å². The van der Waals surface area contributed by atoms with E-state index in [0.29, 0.717) is 45.4 Å². The van der Waals surface area contributed by atoms with Gasteiger partial charge in [-0.1, -0.05) is 42.5 Å². The molecule has 0 heterocycles. The minimum absolute atomic E-state index is 0.0678. The number of rotatable bonds is 13. The van der Waals surface area contributed by atoms with Crippen LogP contribution in [-0.4, -0.2) is 51.3 Å². The zero-order valence-electron chi connectivity index (χ0n) is 19.4. The van der Waals surface area contributed by atoms with Crippen molar-refractivity contribution >= 4 is 11.9 Å². The maximum absolute atomic E-state index is 12.2. The highest BCUT2D eigenvalue weighted by atomic mass is 16.5. The van der Waals surface area contributed by atoms with Gasteiger partial charge in [0, 0.05) is 25.3 Å². The number of aliphatic imine (C=N–C) groups is 1. The van der Waals surface area contributed by atoms with Crippen molar-refractivity contribution in [3.63, 3.8) is 0 Å². The molecule has 0 aromatic heterocycles. The largest absolute Gasteiger partial charge is 0.491 e. The number of hydrogen-bond donors (Lipinski definition) is 3. The topological polar surface area (TPSA) is 84.0 Å². The fraction of sp³-hybridized carbons (Fsp3) is 0.440. The molecule has 0 spiro atoms. The molecule has 2 aromatic rings. The number of carbonyl (C=O) groups is 1. The van der Waals surface area contributed by atoms with Gasteiger partial charge in [0.25, 0.3) is 0 Å².